The molecule has 0 spiro atoms. The Morgan fingerprint density at radius 3 is 2.20 bits per heavy atom. The first kappa shape index (κ1) is 14.5. The summed E-state index contributed by atoms with van der Waals surface area (Å²) in [6.07, 6.45) is 12.4. The van der Waals surface area contributed by atoms with E-state index in [1.54, 1.807) is 0 Å². The van der Waals surface area contributed by atoms with Crippen LogP contribution in [0.25, 0.3) is 0 Å². The number of hydrogen-bond donors (Lipinski definition) is 1. The molecule has 15 heavy (non-hydrogen) atoms. The summed E-state index contributed by atoms with van der Waals surface area (Å²) in [5.74, 6) is 0. The van der Waals surface area contributed by atoms with Crippen molar-refractivity contribution in [2.45, 2.75) is 65.2 Å². The Hall–Kier alpha value is -0.530. The largest absolute Gasteiger partial charge is 0.376 e. The van der Waals surface area contributed by atoms with Gasteiger partial charge in [-0.25, -0.2) is 0 Å². The van der Waals surface area contributed by atoms with Crippen molar-refractivity contribution in [2.75, 3.05) is 13.1 Å². The van der Waals surface area contributed by atoms with Gasteiger partial charge in [-0.3, -0.25) is 4.99 Å². The van der Waals surface area contributed by atoms with Crippen LogP contribution in [-0.2, 0) is 0 Å². The average Bonchev–Trinajstić information content (AvgIpc) is 2.26. The first-order chi connectivity index (χ1) is 7.41. The van der Waals surface area contributed by atoms with Crippen molar-refractivity contribution in [3.8, 4) is 0 Å². The maximum absolute atomic E-state index is 4.32. The van der Waals surface area contributed by atoms with E-state index in [1.165, 1.54) is 51.4 Å². The van der Waals surface area contributed by atoms with Gasteiger partial charge in [0.05, 0.1) is 6.34 Å². The third-order valence-electron chi connectivity index (χ3n) is 2.50. The van der Waals surface area contributed by atoms with Gasteiger partial charge in [-0.2, -0.15) is 0 Å². The first-order valence-electron chi connectivity index (χ1n) is 6.63. The zero-order valence-electron chi connectivity index (χ0n) is 10.6. The molecule has 0 aromatic rings. The molecule has 0 aromatic carbocycles. The molecular weight excluding hydrogens is 184 g/mol. The van der Waals surface area contributed by atoms with Crippen molar-refractivity contribution in [1.29, 1.82) is 0 Å². The Kier molecular flexibility index (Phi) is 13.0. The number of hydrogen-bond acceptors (Lipinski definition) is 1. The minimum atomic E-state index is 0.988. The Balaban J connectivity index is 2.97. The second kappa shape index (κ2) is 13.5. The summed E-state index contributed by atoms with van der Waals surface area (Å²) < 4.78 is 0. The quantitative estimate of drug-likeness (QED) is 0.315. The molecule has 2 nitrogen and oxygen atoms in total. The molecule has 0 heterocycles. The van der Waals surface area contributed by atoms with Crippen molar-refractivity contribution < 1.29 is 0 Å². The molecule has 0 unspecified atom stereocenters. The van der Waals surface area contributed by atoms with E-state index in [0.717, 1.165) is 13.1 Å². The molecule has 0 atom stereocenters. The summed E-state index contributed by atoms with van der Waals surface area (Å²) in [5, 5.41) is 3.24. The fraction of sp³-hybridized carbons (Fsp3) is 0.923. The fourth-order valence-corrected chi connectivity index (χ4v) is 1.48. The van der Waals surface area contributed by atoms with Gasteiger partial charge >= 0.3 is 0 Å². The zero-order valence-corrected chi connectivity index (χ0v) is 10.6. The molecule has 1 N–H and O–H groups in total. The van der Waals surface area contributed by atoms with Crippen LogP contribution in [0, 0.1) is 0 Å². The smallest absolute Gasteiger partial charge is 0.0823 e. The standard InChI is InChI=1S/C13H28N2/c1-3-5-7-9-11-14-13-15-12-10-8-6-4-2/h13H,3-12H2,1-2H3,(H,14,15). The average molecular weight is 212 g/mol. The van der Waals surface area contributed by atoms with Gasteiger partial charge in [-0.05, 0) is 12.8 Å². The molecule has 0 fully saturated rings. The van der Waals surface area contributed by atoms with Gasteiger partial charge in [0, 0.05) is 13.1 Å². The van der Waals surface area contributed by atoms with Crippen molar-refractivity contribution >= 4 is 6.34 Å². The van der Waals surface area contributed by atoms with Crippen LogP contribution in [0.3, 0.4) is 0 Å². The minimum Gasteiger partial charge on any atom is -0.376 e. The number of nitrogens with zero attached hydrogens (tertiary/aromatic N) is 1. The van der Waals surface area contributed by atoms with E-state index in [-0.39, 0.29) is 0 Å². The third-order valence-corrected chi connectivity index (χ3v) is 2.50. The van der Waals surface area contributed by atoms with Crippen LogP contribution in [0.1, 0.15) is 65.2 Å². The summed E-state index contributed by atoms with van der Waals surface area (Å²) in [6, 6.07) is 0. The lowest BCUT2D eigenvalue weighted by Gasteiger charge is -1.99. The maximum Gasteiger partial charge on any atom is 0.0823 e. The molecule has 0 rings (SSSR count). The van der Waals surface area contributed by atoms with Crippen LogP contribution in [-0.4, -0.2) is 19.4 Å². The predicted molar refractivity (Wildman–Crippen MR) is 69.6 cm³/mol. The van der Waals surface area contributed by atoms with Gasteiger partial charge in [0.25, 0.3) is 0 Å². The molecule has 0 bridgehead atoms. The first-order valence-corrected chi connectivity index (χ1v) is 6.63. The van der Waals surface area contributed by atoms with Crippen molar-refractivity contribution in [3.63, 3.8) is 0 Å². The van der Waals surface area contributed by atoms with Crippen LogP contribution in [0.5, 0.6) is 0 Å². The molecular formula is C13H28N2. The van der Waals surface area contributed by atoms with E-state index >= 15 is 0 Å². The molecule has 0 saturated heterocycles. The second-order valence-corrected chi connectivity index (χ2v) is 4.11. The SMILES string of the molecule is CCCCCCN=CNCCCCCC. The van der Waals surface area contributed by atoms with Gasteiger partial charge in [-0.15, -0.1) is 0 Å². The minimum absolute atomic E-state index is 0.988. The fourth-order valence-electron chi connectivity index (χ4n) is 1.48. The highest BCUT2D eigenvalue weighted by Gasteiger charge is 1.86. The molecule has 90 valence electrons. The monoisotopic (exact) mass is 212 g/mol. The van der Waals surface area contributed by atoms with Crippen molar-refractivity contribution in [3.05, 3.63) is 0 Å². The molecule has 0 radical (unpaired) electrons. The number of nitrogens with one attached hydrogen (secondary N) is 1. The van der Waals surface area contributed by atoms with E-state index in [0.29, 0.717) is 0 Å². The number of unbranched alkanes of at least 4 members (excludes halogenated alkanes) is 6. The summed E-state index contributed by atoms with van der Waals surface area (Å²) in [6.45, 7) is 6.55. The number of rotatable bonds is 11. The Labute approximate surface area is 95.6 Å². The summed E-state index contributed by atoms with van der Waals surface area (Å²) in [7, 11) is 0. The van der Waals surface area contributed by atoms with Crippen LogP contribution in [0.4, 0.5) is 0 Å². The Morgan fingerprint density at radius 1 is 0.867 bits per heavy atom. The lowest BCUT2D eigenvalue weighted by Crippen LogP contribution is -2.12. The molecule has 0 aromatic heterocycles. The Morgan fingerprint density at radius 2 is 1.53 bits per heavy atom. The van der Waals surface area contributed by atoms with E-state index < -0.39 is 0 Å². The topological polar surface area (TPSA) is 24.4 Å². The lowest BCUT2D eigenvalue weighted by atomic mass is 10.2. The zero-order chi connectivity index (χ0) is 11.2. The van der Waals surface area contributed by atoms with Crippen LogP contribution in [0.2, 0.25) is 0 Å². The summed E-state index contributed by atoms with van der Waals surface area (Å²) in [5.41, 5.74) is 0. The van der Waals surface area contributed by atoms with Gasteiger partial charge in [0.1, 0.15) is 0 Å². The van der Waals surface area contributed by atoms with Crippen molar-refractivity contribution in [1.82, 2.24) is 5.32 Å². The maximum atomic E-state index is 4.32. The summed E-state index contributed by atoms with van der Waals surface area (Å²) >= 11 is 0. The van der Waals surface area contributed by atoms with Gasteiger partial charge in [-0.1, -0.05) is 52.4 Å². The molecule has 0 aliphatic rings. The van der Waals surface area contributed by atoms with E-state index in [1.807, 2.05) is 6.34 Å². The molecule has 0 saturated carbocycles. The van der Waals surface area contributed by atoms with Gasteiger partial charge in [0.15, 0.2) is 0 Å². The second-order valence-electron chi connectivity index (χ2n) is 4.11. The van der Waals surface area contributed by atoms with E-state index in [4.69, 9.17) is 0 Å². The molecule has 0 aliphatic carbocycles. The predicted octanol–water partition coefficient (Wildman–Crippen LogP) is 3.76. The van der Waals surface area contributed by atoms with Gasteiger partial charge in [0.2, 0.25) is 0 Å². The lowest BCUT2D eigenvalue weighted by molar-refractivity contribution is 0.653. The number of aliphatic imine (C=N–C) groups is 1. The Bertz CT molecular complexity index is 132. The highest BCUT2D eigenvalue weighted by atomic mass is 14.9. The highest BCUT2D eigenvalue weighted by Crippen LogP contribution is 1.98. The van der Waals surface area contributed by atoms with Crippen molar-refractivity contribution in [2.24, 2.45) is 4.99 Å². The summed E-state index contributed by atoms with van der Waals surface area (Å²) in [4.78, 5) is 4.32. The van der Waals surface area contributed by atoms with E-state index in [2.05, 4.69) is 24.2 Å². The molecule has 0 amide bonds. The van der Waals surface area contributed by atoms with Crippen LogP contribution < -0.4 is 5.32 Å². The van der Waals surface area contributed by atoms with Crippen LogP contribution in [0.15, 0.2) is 4.99 Å². The highest BCUT2D eigenvalue weighted by molar-refractivity contribution is 5.53. The third kappa shape index (κ3) is 13.5. The van der Waals surface area contributed by atoms with Crippen LogP contribution >= 0.6 is 0 Å². The normalized spacial score (nSPS) is 11.1. The molecule has 0 aliphatic heterocycles. The van der Waals surface area contributed by atoms with E-state index in [9.17, 15) is 0 Å². The van der Waals surface area contributed by atoms with Gasteiger partial charge < -0.3 is 5.32 Å². The molecule has 2 heteroatoms.